The summed E-state index contributed by atoms with van der Waals surface area (Å²) < 4.78 is 40.5. The van der Waals surface area contributed by atoms with Gasteiger partial charge in [0.1, 0.15) is 0 Å². The molecule has 0 saturated heterocycles. The van der Waals surface area contributed by atoms with Crippen molar-refractivity contribution in [1.29, 1.82) is 0 Å². The fourth-order valence-corrected chi connectivity index (χ4v) is 2.78. The van der Waals surface area contributed by atoms with Gasteiger partial charge in [-0.1, -0.05) is 54.1 Å². The Morgan fingerprint density at radius 3 is 2.19 bits per heavy atom. The molecule has 0 radical (unpaired) electrons. The number of benzene rings is 3. The average Bonchev–Trinajstić information content (AvgIpc) is 2.62. The van der Waals surface area contributed by atoms with Crippen molar-refractivity contribution in [2.45, 2.75) is 6.18 Å². The van der Waals surface area contributed by atoms with Gasteiger partial charge in [0.2, 0.25) is 0 Å². The standard InChI is InChI=1S/C20H13ClF3NO/c21-17-9-5-4-8-15(17)14-10-11-18(16(12-14)20(22,23)24)25-19(26)13-6-2-1-3-7-13/h1-12H,(H,25,26). The second-order valence-electron chi connectivity index (χ2n) is 5.56. The molecule has 132 valence electrons. The molecule has 0 aromatic heterocycles. The molecule has 0 aliphatic heterocycles. The first kappa shape index (κ1) is 18.0. The van der Waals surface area contributed by atoms with Crippen molar-refractivity contribution in [3.05, 3.63) is 88.9 Å². The van der Waals surface area contributed by atoms with Gasteiger partial charge in [-0.3, -0.25) is 4.79 Å². The highest BCUT2D eigenvalue weighted by Gasteiger charge is 2.34. The lowest BCUT2D eigenvalue weighted by Crippen LogP contribution is -2.16. The molecule has 6 heteroatoms. The molecule has 26 heavy (non-hydrogen) atoms. The van der Waals surface area contributed by atoms with Crippen LogP contribution in [0, 0.1) is 0 Å². The summed E-state index contributed by atoms with van der Waals surface area (Å²) in [7, 11) is 0. The Hall–Kier alpha value is -2.79. The Balaban J connectivity index is 2.01. The first-order valence-corrected chi connectivity index (χ1v) is 8.06. The van der Waals surface area contributed by atoms with Crippen molar-refractivity contribution in [1.82, 2.24) is 0 Å². The quantitative estimate of drug-likeness (QED) is 0.573. The van der Waals surface area contributed by atoms with Crippen molar-refractivity contribution in [2.75, 3.05) is 5.32 Å². The van der Waals surface area contributed by atoms with Gasteiger partial charge >= 0.3 is 6.18 Å². The Morgan fingerprint density at radius 2 is 1.54 bits per heavy atom. The van der Waals surface area contributed by atoms with Crippen LogP contribution in [0.4, 0.5) is 18.9 Å². The van der Waals surface area contributed by atoms with E-state index < -0.39 is 17.6 Å². The number of carbonyl (C=O) groups is 1. The summed E-state index contributed by atoms with van der Waals surface area (Å²) in [4.78, 5) is 12.2. The number of hydrogen-bond acceptors (Lipinski definition) is 1. The van der Waals surface area contributed by atoms with Gasteiger partial charge in [0.05, 0.1) is 11.3 Å². The van der Waals surface area contributed by atoms with E-state index >= 15 is 0 Å². The highest BCUT2D eigenvalue weighted by molar-refractivity contribution is 6.33. The molecule has 1 N–H and O–H groups in total. The maximum atomic E-state index is 13.5. The molecule has 0 unspecified atom stereocenters. The van der Waals surface area contributed by atoms with Crippen LogP contribution < -0.4 is 5.32 Å². The predicted molar refractivity (Wildman–Crippen MR) is 96.3 cm³/mol. The van der Waals surface area contributed by atoms with Gasteiger partial charge in [-0.05, 0) is 35.9 Å². The summed E-state index contributed by atoms with van der Waals surface area (Å²) in [5, 5.41) is 2.68. The van der Waals surface area contributed by atoms with E-state index in [4.69, 9.17) is 11.6 Å². The van der Waals surface area contributed by atoms with Crippen molar-refractivity contribution in [3.8, 4) is 11.1 Å². The van der Waals surface area contributed by atoms with Gasteiger partial charge in [-0.2, -0.15) is 13.2 Å². The second kappa shape index (κ2) is 7.22. The van der Waals surface area contributed by atoms with Crippen LogP contribution in [0.2, 0.25) is 5.02 Å². The fraction of sp³-hybridized carbons (Fsp3) is 0.0500. The van der Waals surface area contributed by atoms with Crippen LogP contribution in [0.25, 0.3) is 11.1 Å². The molecule has 0 saturated carbocycles. The Bertz CT molecular complexity index is 939. The second-order valence-corrected chi connectivity index (χ2v) is 5.97. The number of halogens is 4. The molecule has 3 aromatic rings. The monoisotopic (exact) mass is 375 g/mol. The van der Waals surface area contributed by atoms with E-state index in [9.17, 15) is 18.0 Å². The Kier molecular flexibility index (Phi) is 5.00. The Labute approximate surface area is 153 Å². The normalized spacial score (nSPS) is 11.2. The summed E-state index contributed by atoms with van der Waals surface area (Å²) >= 11 is 6.08. The third kappa shape index (κ3) is 3.89. The van der Waals surface area contributed by atoms with E-state index in [-0.39, 0.29) is 11.3 Å². The smallest absolute Gasteiger partial charge is 0.321 e. The molecule has 3 aromatic carbocycles. The summed E-state index contributed by atoms with van der Waals surface area (Å²) in [6, 6.07) is 18.4. The third-order valence-electron chi connectivity index (χ3n) is 3.79. The van der Waals surface area contributed by atoms with E-state index in [0.717, 1.165) is 6.07 Å². The van der Waals surface area contributed by atoms with Crippen molar-refractivity contribution in [3.63, 3.8) is 0 Å². The molecule has 1 amide bonds. The van der Waals surface area contributed by atoms with Gasteiger partial charge < -0.3 is 5.32 Å². The van der Waals surface area contributed by atoms with Crippen LogP contribution in [0.5, 0.6) is 0 Å². The SMILES string of the molecule is O=C(Nc1ccc(-c2ccccc2Cl)cc1C(F)(F)F)c1ccccc1. The van der Waals surface area contributed by atoms with Gasteiger partial charge in [0.25, 0.3) is 5.91 Å². The van der Waals surface area contributed by atoms with Crippen LogP contribution in [0.1, 0.15) is 15.9 Å². The minimum Gasteiger partial charge on any atom is -0.321 e. The molecule has 3 rings (SSSR count). The number of amides is 1. The van der Waals surface area contributed by atoms with Crippen LogP contribution in [0.15, 0.2) is 72.8 Å². The van der Waals surface area contributed by atoms with E-state index in [1.807, 2.05) is 0 Å². The summed E-state index contributed by atoms with van der Waals surface area (Å²) in [6.45, 7) is 0. The summed E-state index contributed by atoms with van der Waals surface area (Å²) in [5.74, 6) is -0.610. The van der Waals surface area contributed by atoms with Crippen molar-refractivity contribution >= 4 is 23.2 Å². The number of alkyl halides is 3. The molecule has 0 spiro atoms. The molecule has 0 bridgehead atoms. The largest absolute Gasteiger partial charge is 0.418 e. The highest BCUT2D eigenvalue weighted by atomic mass is 35.5. The lowest BCUT2D eigenvalue weighted by molar-refractivity contribution is -0.136. The number of anilines is 1. The number of carbonyl (C=O) groups excluding carboxylic acids is 1. The van der Waals surface area contributed by atoms with Crippen LogP contribution >= 0.6 is 11.6 Å². The minimum absolute atomic E-state index is 0.274. The third-order valence-corrected chi connectivity index (χ3v) is 4.12. The number of hydrogen-bond donors (Lipinski definition) is 1. The average molecular weight is 376 g/mol. The molecule has 0 aliphatic rings. The van der Waals surface area contributed by atoms with Crippen molar-refractivity contribution < 1.29 is 18.0 Å². The first-order valence-electron chi connectivity index (χ1n) is 7.69. The van der Waals surface area contributed by atoms with Gasteiger partial charge in [-0.15, -0.1) is 0 Å². The molecular weight excluding hydrogens is 363 g/mol. The minimum atomic E-state index is -4.63. The summed E-state index contributed by atoms with van der Waals surface area (Å²) in [6.07, 6.45) is -4.63. The zero-order valence-corrected chi connectivity index (χ0v) is 14.1. The predicted octanol–water partition coefficient (Wildman–Crippen LogP) is 6.28. The van der Waals surface area contributed by atoms with Gasteiger partial charge in [0, 0.05) is 16.1 Å². The zero-order chi connectivity index (χ0) is 18.7. The molecule has 0 atom stereocenters. The maximum Gasteiger partial charge on any atom is 0.418 e. The van der Waals surface area contributed by atoms with E-state index in [2.05, 4.69) is 5.32 Å². The van der Waals surface area contributed by atoms with E-state index in [1.165, 1.54) is 24.3 Å². The van der Waals surface area contributed by atoms with Crippen LogP contribution in [-0.2, 0) is 6.18 Å². The van der Waals surface area contributed by atoms with Gasteiger partial charge in [-0.25, -0.2) is 0 Å². The first-order chi connectivity index (χ1) is 12.4. The molecule has 0 heterocycles. The number of rotatable bonds is 3. The summed E-state index contributed by atoms with van der Waals surface area (Å²) in [5.41, 5.74) is -0.154. The molecular formula is C20H13ClF3NO. The highest BCUT2D eigenvalue weighted by Crippen LogP contribution is 2.39. The molecule has 0 aliphatic carbocycles. The fourth-order valence-electron chi connectivity index (χ4n) is 2.53. The lowest BCUT2D eigenvalue weighted by atomic mass is 10.0. The van der Waals surface area contributed by atoms with E-state index in [1.54, 1.807) is 42.5 Å². The number of nitrogens with one attached hydrogen (secondary N) is 1. The topological polar surface area (TPSA) is 29.1 Å². The zero-order valence-electron chi connectivity index (χ0n) is 13.3. The Morgan fingerprint density at radius 1 is 0.885 bits per heavy atom. The maximum absolute atomic E-state index is 13.5. The van der Waals surface area contributed by atoms with Crippen LogP contribution in [-0.4, -0.2) is 5.91 Å². The molecule has 2 nitrogen and oxygen atoms in total. The lowest BCUT2D eigenvalue weighted by Gasteiger charge is -2.16. The van der Waals surface area contributed by atoms with Crippen LogP contribution in [0.3, 0.4) is 0 Å². The van der Waals surface area contributed by atoms with Gasteiger partial charge in [0.15, 0.2) is 0 Å². The molecule has 0 fully saturated rings. The van der Waals surface area contributed by atoms with E-state index in [0.29, 0.717) is 16.1 Å². The van der Waals surface area contributed by atoms with Crippen molar-refractivity contribution in [2.24, 2.45) is 0 Å².